The van der Waals surface area contributed by atoms with Gasteiger partial charge in [0.1, 0.15) is 5.82 Å². The maximum absolute atomic E-state index is 12.4. The minimum Gasteiger partial charge on any atom is -0.354 e. The third-order valence-electron chi connectivity index (χ3n) is 3.92. The molecule has 1 aromatic heterocycles. The fraction of sp³-hybridized carbons (Fsp3) is 0.294. The van der Waals surface area contributed by atoms with E-state index in [1.165, 1.54) is 0 Å². The molecule has 6 heteroatoms. The summed E-state index contributed by atoms with van der Waals surface area (Å²) in [5, 5.41) is 2.91. The van der Waals surface area contributed by atoms with Gasteiger partial charge in [-0.15, -0.1) is 0 Å². The Morgan fingerprint density at radius 1 is 1.17 bits per heavy atom. The maximum Gasteiger partial charge on any atom is 0.255 e. The molecule has 0 radical (unpaired) electrons. The first-order valence-electron chi connectivity index (χ1n) is 7.58. The predicted octanol–water partition coefficient (Wildman–Crippen LogP) is 2.85. The monoisotopic (exact) mass is 374 g/mol. The van der Waals surface area contributed by atoms with Gasteiger partial charge in [-0.1, -0.05) is 22.0 Å². The molecule has 0 saturated carbocycles. The summed E-state index contributed by atoms with van der Waals surface area (Å²) >= 11 is 3.40. The first-order chi connectivity index (χ1) is 11.1. The highest BCUT2D eigenvalue weighted by Crippen LogP contribution is 2.18. The molecular formula is C17H19BrN4O. The molecular weight excluding hydrogens is 356 g/mol. The van der Waals surface area contributed by atoms with Crippen molar-refractivity contribution >= 4 is 33.3 Å². The fourth-order valence-electron chi connectivity index (χ4n) is 2.54. The van der Waals surface area contributed by atoms with Crippen LogP contribution in [0.25, 0.3) is 0 Å². The number of amides is 1. The molecule has 0 spiro atoms. The molecule has 2 heterocycles. The zero-order valence-electron chi connectivity index (χ0n) is 13.0. The van der Waals surface area contributed by atoms with Crippen LogP contribution in [0, 0.1) is 0 Å². The van der Waals surface area contributed by atoms with E-state index >= 15 is 0 Å². The average Bonchev–Trinajstić information content (AvgIpc) is 2.56. The van der Waals surface area contributed by atoms with Crippen LogP contribution in [0.5, 0.6) is 0 Å². The van der Waals surface area contributed by atoms with Gasteiger partial charge < -0.3 is 15.1 Å². The van der Waals surface area contributed by atoms with Gasteiger partial charge in [0.15, 0.2) is 0 Å². The van der Waals surface area contributed by atoms with Crippen LogP contribution in [-0.2, 0) is 0 Å². The van der Waals surface area contributed by atoms with Crippen LogP contribution in [0.2, 0.25) is 0 Å². The molecule has 0 bridgehead atoms. The van der Waals surface area contributed by atoms with Crippen molar-refractivity contribution in [2.45, 2.75) is 0 Å². The number of nitrogens with one attached hydrogen (secondary N) is 1. The third kappa shape index (κ3) is 4.09. The summed E-state index contributed by atoms with van der Waals surface area (Å²) in [6.07, 6.45) is 1.70. The lowest BCUT2D eigenvalue weighted by atomic mass is 10.2. The zero-order chi connectivity index (χ0) is 16.2. The molecule has 0 atom stereocenters. The molecule has 120 valence electrons. The Hall–Kier alpha value is -1.92. The summed E-state index contributed by atoms with van der Waals surface area (Å²) in [5.74, 6) is 0.737. The molecule has 23 heavy (non-hydrogen) atoms. The smallest absolute Gasteiger partial charge is 0.255 e. The summed E-state index contributed by atoms with van der Waals surface area (Å²) < 4.78 is 0.933. The molecule has 5 nitrogen and oxygen atoms in total. The summed E-state index contributed by atoms with van der Waals surface area (Å²) in [7, 11) is 2.12. The molecule has 1 aliphatic rings. The van der Waals surface area contributed by atoms with E-state index in [9.17, 15) is 4.79 Å². The number of benzene rings is 1. The number of aromatic nitrogens is 1. The van der Waals surface area contributed by atoms with Crippen LogP contribution in [0.3, 0.4) is 0 Å². The van der Waals surface area contributed by atoms with Gasteiger partial charge >= 0.3 is 0 Å². The Balaban J connectivity index is 1.72. The number of pyridine rings is 1. The van der Waals surface area contributed by atoms with Gasteiger partial charge in [0.25, 0.3) is 5.91 Å². The number of hydrogen-bond acceptors (Lipinski definition) is 4. The van der Waals surface area contributed by atoms with Gasteiger partial charge in [0.05, 0.1) is 0 Å². The van der Waals surface area contributed by atoms with Crippen LogP contribution >= 0.6 is 15.9 Å². The number of halogens is 1. The number of rotatable bonds is 3. The Labute approximate surface area is 144 Å². The number of nitrogens with zero attached hydrogens (tertiary/aromatic N) is 3. The Morgan fingerprint density at radius 3 is 2.70 bits per heavy atom. The summed E-state index contributed by atoms with van der Waals surface area (Å²) in [5.41, 5.74) is 1.39. The highest BCUT2D eigenvalue weighted by Gasteiger charge is 2.16. The molecule has 0 unspecified atom stereocenters. The lowest BCUT2D eigenvalue weighted by Crippen LogP contribution is -2.44. The minimum absolute atomic E-state index is 0.124. The van der Waals surface area contributed by atoms with Crippen molar-refractivity contribution in [2.75, 3.05) is 43.4 Å². The van der Waals surface area contributed by atoms with E-state index in [2.05, 4.69) is 43.1 Å². The number of piperazine rings is 1. The SMILES string of the molecule is CN1CCN(c2cc(C(=O)Nc3cccc(Br)c3)ccn2)CC1. The second-order valence-electron chi connectivity index (χ2n) is 5.66. The number of carbonyl (C=O) groups is 1. The van der Waals surface area contributed by atoms with Gasteiger partial charge in [-0.05, 0) is 37.4 Å². The van der Waals surface area contributed by atoms with Crippen LogP contribution < -0.4 is 10.2 Å². The maximum atomic E-state index is 12.4. The highest BCUT2D eigenvalue weighted by molar-refractivity contribution is 9.10. The van der Waals surface area contributed by atoms with E-state index in [0.29, 0.717) is 5.56 Å². The van der Waals surface area contributed by atoms with Crippen molar-refractivity contribution in [2.24, 2.45) is 0 Å². The number of anilines is 2. The molecule has 1 aromatic carbocycles. The van der Waals surface area contributed by atoms with E-state index in [1.54, 1.807) is 12.3 Å². The Morgan fingerprint density at radius 2 is 1.96 bits per heavy atom. The Bertz CT molecular complexity index is 698. The van der Waals surface area contributed by atoms with Crippen LogP contribution in [-0.4, -0.2) is 49.0 Å². The third-order valence-corrected chi connectivity index (χ3v) is 4.41. The van der Waals surface area contributed by atoms with Crippen LogP contribution in [0.1, 0.15) is 10.4 Å². The summed E-state index contributed by atoms with van der Waals surface area (Å²) in [6.45, 7) is 3.88. The molecule has 0 aliphatic carbocycles. The largest absolute Gasteiger partial charge is 0.354 e. The van der Waals surface area contributed by atoms with Gasteiger partial charge in [-0.2, -0.15) is 0 Å². The quantitative estimate of drug-likeness (QED) is 0.897. The predicted molar refractivity (Wildman–Crippen MR) is 96.0 cm³/mol. The molecule has 1 fully saturated rings. The van der Waals surface area contributed by atoms with Gasteiger partial charge in [0.2, 0.25) is 0 Å². The molecule has 1 aliphatic heterocycles. The fourth-order valence-corrected chi connectivity index (χ4v) is 2.94. The van der Waals surface area contributed by atoms with E-state index < -0.39 is 0 Å². The lowest BCUT2D eigenvalue weighted by Gasteiger charge is -2.33. The normalized spacial score (nSPS) is 15.5. The first-order valence-corrected chi connectivity index (χ1v) is 8.37. The first kappa shape index (κ1) is 16.0. The Kier molecular flexibility index (Phi) is 4.93. The molecule has 2 aromatic rings. The summed E-state index contributed by atoms with van der Waals surface area (Å²) in [4.78, 5) is 21.4. The van der Waals surface area contributed by atoms with Crippen molar-refractivity contribution < 1.29 is 4.79 Å². The van der Waals surface area contributed by atoms with E-state index in [0.717, 1.165) is 42.2 Å². The van der Waals surface area contributed by atoms with Gasteiger partial charge in [0, 0.05) is 48.1 Å². The number of likely N-dealkylation sites (N-methyl/N-ethyl adjacent to an activating group) is 1. The van der Waals surface area contributed by atoms with Crippen molar-refractivity contribution in [3.8, 4) is 0 Å². The molecule has 1 amide bonds. The second kappa shape index (κ2) is 7.10. The van der Waals surface area contributed by atoms with Crippen LogP contribution in [0.4, 0.5) is 11.5 Å². The van der Waals surface area contributed by atoms with E-state index in [-0.39, 0.29) is 5.91 Å². The van der Waals surface area contributed by atoms with Gasteiger partial charge in [-0.25, -0.2) is 4.98 Å². The standard InChI is InChI=1S/C17H19BrN4O/c1-21-7-9-22(10-8-21)16-11-13(5-6-19-16)17(23)20-15-4-2-3-14(18)12-15/h2-6,11-12H,7-10H2,1H3,(H,20,23). The molecule has 1 saturated heterocycles. The molecule has 3 rings (SSSR count). The second-order valence-corrected chi connectivity index (χ2v) is 6.57. The number of carbonyl (C=O) groups excluding carboxylic acids is 1. The zero-order valence-corrected chi connectivity index (χ0v) is 14.6. The lowest BCUT2D eigenvalue weighted by molar-refractivity contribution is 0.102. The van der Waals surface area contributed by atoms with E-state index in [1.807, 2.05) is 30.3 Å². The minimum atomic E-state index is -0.124. The topological polar surface area (TPSA) is 48.5 Å². The van der Waals surface area contributed by atoms with E-state index in [4.69, 9.17) is 0 Å². The molecule has 1 N–H and O–H groups in total. The van der Waals surface area contributed by atoms with Gasteiger partial charge in [-0.3, -0.25) is 4.79 Å². The van der Waals surface area contributed by atoms with Crippen molar-refractivity contribution in [3.05, 3.63) is 52.6 Å². The number of hydrogen-bond donors (Lipinski definition) is 1. The highest BCUT2D eigenvalue weighted by atomic mass is 79.9. The average molecular weight is 375 g/mol. The van der Waals surface area contributed by atoms with Crippen molar-refractivity contribution in [3.63, 3.8) is 0 Å². The summed E-state index contributed by atoms with van der Waals surface area (Å²) in [6, 6.07) is 11.2. The van der Waals surface area contributed by atoms with Crippen molar-refractivity contribution in [1.29, 1.82) is 0 Å². The van der Waals surface area contributed by atoms with Crippen molar-refractivity contribution in [1.82, 2.24) is 9.88 Å². The van der Waals surface area contributed by atoms with Crippen LogP contribution in [0.15, 0.2) is 47.1 Å².